The van der Waals surface area contributed by atoms with Crippen molar-refractivity contribution < 1.29 is 14.3 Å². The summed E-state index contributed by atoms with van der Waals surface area (Å²) in [5.41, 5.74) is 2.46. The van der Waals surface area contributed by atoms with E-state index in [1.54, 1.807) is 31.3 Å². The van der Waals surface area contributed by atoms with E-state index in [-0.39, 0.29) is 12.5 Å². The number of aromatic amines is 1. The minimum absolute atomic E-state index is 0.236. The van der Waals surface area contributed by atoms with Gasteiger partial charge in [-0.2, -0.15) is 0 Å². The van der Waals surface area contributed by atoms with Crippen LogP contribution in [0.15, 0.2) is 48.7 Å². The average Bonchev–Trinajstić information content (AvgIpc) is 3.15. The first kappa shape index (κ1) is 15.4. The molecule has 1 aliphatic heterocycles. The molecule has 0 radical (unpaired) electrons. The molecule has 1 unspecified atom stereocenters. The minimum Gasteiger partial charge on any atom is -0.464 e. The van der Waals surface area contributed by atoms with E-state index in [0.717, 1.165) is 16.5 Å². The lowest BCUT2D eigenvalue weighted by Gasteiger charge is -2.28. The van der Waals surface area contributed by atoms with E-state index in [9.17, 15) is 9.59 Å². The summed E-state index contributed by atoms with van der Waals surface area (Å²) in [5.74, 6) is -0.749. The van der Waals surface area contributed by atoms with Gasteiger partial charge in [-0.15, -0.1) is 0 Å². The van der Waals surface area contributed by atoms with Crippen LogP contribution in [-0.4, -0.2) is 23.5 Å². The van der Waals surface area contributed by atoms with Crippen molar-refractivity contribution in [3.8, 4) is 0 Å². The number of esters is 1. The molecular formula is C20H18N2O3. The van der Waals surface area contributed by atoms with Crippen molar-refractivity contribution in [2.24, 2.45) is 0 Å². The van der Waals surface area contributed by atoms with Crippen molar-refractivity contribution in [3.63, 3.8) is 0 Å². The summed E-state index contributed by atoms with van der Waals surface area (Å²) in [5, 5.41) is 3.79. The Kier molecular flexibility index (Phi) is 3.39. The van der Waals surface area contributed by atoms with Crippen LogP contribution in [0.25, 0.3) is 10.9 Å². The van der Waals surface area contributed by atoms with Crippen LogP contribution < -0.4 is 5.32 Å². The molecule has 0 aliphatic carbocycles. The Morgan fingerprint density at radius 3 is 2.76 bits per heavy atom. The standard InChI is InChI=1S/C20H18N2O3/c1-3-25-19(24)20(15-7-5-4-6-13(15)18(23)22-20)16-11-21-17-9-8-12(2)10-14(16)17/h4-11,21H,3H2,1-2H3,(H,22,23). The highest BCUT2D eigenvalue weighted by atomic mass is 16.5. The zero-order valence-electron chi connectivity index (χ0n) is 14.1. The molecule has 0 saturated heterocycles. The average molecular weight is 334 g/mol. The highest BCUT2D eigenvalue weighted by Crippen LogP contribution is 2.41. The number of carbonyl (C=O) groups is 2. The van der Waals surface area contributed by atoms with Crippen LogP contribution in [0.3, 0.4) is 0 Å². The molecule has 25 heavy (non-hydrogen) atoms. The monoisotopic (exact) mass is 334 g/mol. The molecule has 2 aromatic carbocycles. The Morgan fingerprint density at radius 2 is 1.96 bits per heavy atom. The Balaban J connectivity index is 2.05. The van der Waals surface area contributed by atoms with Crippen LogP contribution in [-0.2, 0) is 15.1 Å². The highest BCUT2D eigenvalue weighted by molar-refractivity contribution is 6.09. The predicted octanol–water partition coefficient (Wildman–Crippen LogP) is 3.03. The van der Waals surface area contributed by atoms with E-state index < -0.39 is 11.5 Å². The fourth-order valence-corrected chi connectivity index (χ4v) is 3.58. The maximum Gasteiger partial charge on any atom is 0.341 e. The van der Waals surface area contributed by atoms with Crippen molar-refractivity contribution >= 4 is 22.8 Å². The van der Waals surface area contributed by atoms with Gasteiger partial charge in [0.15, 0.2) is 5.54 Å². The largest absolute Gasteiger partial charge is 0.464 e. The van der Waals surface area contributed by atoms with Gasteiger partial charge in [0.2, 0.25) is 0 Å². The second-order valence-electron chi connectivity index (χ2n) is 6.22. The third kappa shape index (κ3) is 2.09. The van der Waals surface area contributed by atoms with Gasteiger partial charge < -0.3 is 15.0 Å². The van der Waals surface area contributed by atoms with Crippen LogP contribution in [0, 0.1) is 6.92 Å². The first-order valence-corrected chi connectivity index (χ1v) is 8.25. The number of hydrogen-bond donors (Lipinski definition) is 2. The molecule has 0 bridgehead atoms. The third-order valence-electron chi connectivity index (χ3n) is 4.70. The fraction of sp³-hybridized carbons (Fsp3) is 0.200. The van der Waals surface area contributed by atoms with Gasteiger partial charge >= 0.3 is 5.97 Å². The molecule has 0 fully saturated rings. The molecule has 3 aromatic rings. The van der Waals surface area contributed by atoms with E-state index in [2.05, 4.69) is 10.3 Å². The van der Waals surface area contributed by atoms with E-state index in [1.165, 1.54) is 0 Å². The van der Waals surface area contributed by atoms with Crippen LogP contribution in [0.5, 0.6) is 0 Å². The maximum absolute atomic E-state index is 13.1. The van der Waals surface area contributed by atoms with E-state index in [0.29, 0.717) is 16.7 Å². The smallest absolute Gasteiger partial charge is 0.341 e. The Labute approximate surface area is 145 Å². The second-order valence-corrected chi connectivity index (χ2v) is 6.22. The van der Waals surface area contributed by atoms with Crippen molar-refractivity contribution in [1.29, 1.82) is 0 Å². The van der Waals surface area contributed by atoms with Gasteiger partial charge in [0, 0.05) is 33.8 Å². The lowest BCUT2D eigenvalue weighted by atomic mass is 9.83. The van der Waals surface area contributed by atoms with E-state index in [4.69, 9.17) is 4.74 Å². The lowest BCUT2D eigenvalue weighted by molar-refractivity contribution is -0.149. The molecule has 1 atom stereocenters. The number of aryl methyl sites for hydroxylation is 1. The summed E-state index contributed by atoms with van der Waals surface area (Å²) in [6.07, 6.45) is 1.78. The molecule has 2 N–H and O–H groups in total. The molecule has 1 aliphatic rings. The molecule has 1 aromatic heterocycles. The third-order valence-corrected chi connectivity index (χ3v) is 4.70. The number of amides is 1. The normalized spacial score (nSPS) is 18.9. The first-order chi connectivity index (χ1) is 12.1. The first-order valence-electron chi connectivity index (χ1n) is 8.25. The van der Waals surface area contributed by atoms with Gasteiger partial charge in [-0.05, 0) is 32.0 Å². The van der Waals surface area contributed by atoms with Crippen LogP contribution in [0.2, 0.25) is 0 Å². The topological polar surface area (TPSA) is 71.2 Å². The molecular weight excluding hydrogens is 316 g/mol. The maximum atomic E-state index is 13.1. The number of H-pyrrole nitrogens is 1. The summed E-state index contributed by atoms with van der Waals surface area (Å²) in [6, 6.07) is 13.1. The molecule has 2 heterocycles. The van der Waals surface area contributed by atoms with Gasteiger partial charge in [-0.25, -0.2) is 4.79 Å². The summed E-state index contributed by atoms with van der Waals surface area (Å²) < 4.78 is 5.37. The van der Waals surface area contributed by atoms with Crippen molar-refractivity contribution in [1.82, 2.24) is 10.3 Å². The predicted molar refractivity (Wildman–Crippen MR) is 94.4 cm³/mol. The molecule has 5 heteroatoms. The number of ether oxygens (including phenoxy) is 1. The molecule has 0 saturated carbocycles. The van der Waals surface area contributed by atoms with Crippen molar-refractivity contribution in [2.45, 2.75) is 19.4 Å². The quantitative estimate of drug-likeness (QED) is 0.723. The highest BCUT2D eigenvalue weighted by Gasteiger charge is 2.52. The Bertz CT molecular complexity index is 1010. The van der Waals surface area contributed by atoms with Crippen LogP contribution >= 0.6 is 0 Å². The SMILES string of the molecule is CCOC(=O)C1(c2c[nH]c3ccc(C)cc23)NC(=O)c2ccccc21. The lowest BCUT2D eigenvalue weighted by Crippen LogP contribution is -2.48. The fourth-order valence-electron chi connectivity index (χ4n) is 3.58. The number of hydrogen-bond acceptors (Lipinski definition) is 3. The van der Waals surface area contributed by atoms with Gasteiger partial charge in [0.05, 0.1) is 6.61 Å². The summed E-state index contributed by atoms with van der Waals surface area (Å²) in [6.45, 7) is 3.99. The van der Waals surface area contributed by atoms with Crippen molar-refractivity contribution in [2.75, 3.05) is 6.61 Å². The van der Waals surface area contributed by atoms with Crippen molar-refractivity contribution in [3.05, 3.63) is 70.9 Å². The van der Waals surface area contributed by atoms with E-state index in [1.807, 2.05) is 31.2 Å². The molecule has 1 amide bonds. The summed E-state index contributed by atoms with van der Waals surface area (Å²) in [4.78, 5) is 28.8. The van der Waals surface area contributed by atoms with E-state index >= 15 is 0 Å². The van der Waals surface area contributed by atoms with Gasteiger partial charge in [-0.3, -0.25) is 4.79 Å². The summed E-state index contributed by atoms with van der Waals surface area (Å²) >= 11 is 0. The molecule has 5 nitrogen and oxygen atoms in total. The van der Waals surface area contributed by atoms with Crippen LogP contribution in [0.4, 0.5) is 0 Å². The zero-order chi connectivity index (χ0) is 17.6. The summed E-state index contributed by atoms with van der Waals surface area (Å²) in [7, 11) is 0. The van der Waals surface area contributed by atoms with Gasteiger partial charge in [-0.1, -0.05) is 29.8 Å². The van der Waals surface area contributed by atoms with Crippen LogP contribution in [0.1, 0.15) is 34.0 Å². The second kappa shape index (κ2) is 5.48. The zero-order valence-corrected chi connectivity index (χ0v) is 14.1. The molecule has 4 rings (SSSR count). The molecule has 0 spiro atoms. The number of rotatable bonds is 3. The number of aromatic nitrogens is 1. The number of nitrogens with one attached hydrogen (secondary N) is 2. The van der Waals surface area contributed by atoms with Gasteiger partial charge in [0.1, 0.15) is 0 Å². The molecule has 126 valence electrons. The number of carbonyl (C=O) groups excluding carboxylic acids is 2. The number of fused-ring (bicyclic) bond motifs is 2. The minimum atomic E-state index is -1.34. The number of benzene rings is 2. The Hall–Kier alpha value is -3.08. The van der Waals surface area contributed by atoms with Gasteiger partial charge in [0.25, 0.3) is 5.91 Å². The Morgan fingerprint density at radius 1 is 1.16 bits per heavy atom.